The number of benzene rings is 1. The van der Waals surface area contributed by atoms with Crippen LogP contribution in [0.25, 0.3) is 15.9 Å². The van der Waals surface area contributed by atoms with Crippen LogP contribution in [0, 0.1) is 24.7 Å². The van der Waals surface area contributed by atoms with Crippen LogP contribution in [-0.4, -0.2) is 34.4 Å². The third kappa shape index (κ3) is 4.72. The van der Waals surface area contributed by atoms with Gasteiger partial charge in [0.2, 0.25) is 0 Å². The van der Waals surface area contributed by atoms with Gasteiger partial charge in [0, 0.05) is 5.39 Å². The molecule has 0 spiro atoms. The quantitative estimate of drug-likeness (QED) is 0.456. The Kier molecular flexibility index (Phi) is 6.65. The van der Waals surface area contributed by atoms with Gasteiger partial charge in [-0.2, -0.15) is 5.10 Å². The van der Waals surface area contributed by atoms with Crippen molar-refractivity contribution in [3.63, 3.8) is 0 Å². The van der Waals surface area contributed by atoms with Gasteiger partial charge >= 0.3 is 11.9 Å². The summed E-state index contributed by atoms with van der Waals surface area (Å²) in [7, 11) is 0. The highest BCUT2D eigenvalue weighted by Crippen LogP contribution is 2.35. The van der Waals surface area contributed by atoms with Gasteiger partial charge in [-0.05, 0) is 55.7 Å². The van der Waals surface area contributed by atoms with Crippen molar-refractivity contribution in [2.24, 2.45) is 17.8 Å². The lowest BCUT2D eigenvalue weighted by Gasteiger charge is -2.36. The van der Waals surface area contributed by atoms with Crippen molar-refractivity contribution >= 4 is 33.5 Å². The van der Waals surface area contributed by atoms with E-state index in [0.29, 0.717) is 22.6 Å². The number of rotatable bonds is 6. The molecule has 0 saturated heterocycles. The Bertz CT molecular complexity index is 1100. The summed E-state index contributed by atoms with van der Waals surface area (Å²) in [5.74, 6) is 0.359. The summed E-state index contributed by atoms with van der Waals surface area (Å²) in [6.45, 7) is 8.07. The van der Waals surface area contributed by atoms with Gasteiger partial charge < -0.3 is 9.47 Å². The number of carbonyl (C=O) groups excluding carboxylic acids is 2. The van der Waals surface area contributed by atoms with Crippen molar-refractivity contribution in [2.45, 2.75) is 53.1 Å². The van der Waals surface area contributed by atoms with Gasteiger partial charge in [0.05, 0.1) is 11.4 Å². The number of fused-ring (bicyclic) bond motifs is 1. The summed E-state index contributed by atoms with van der Waals surface area (Å²) in [4.78, 5) is 26.4. The fourth-order valence-corrected chi connectivity index (χ4v) is 5.62. The first-order valence-electron chi connectivity index (χ1n) is 11.2. The number of thiophene rings is 1. The van der Waals surface area contributed by atoms with Crippen molar-refractivity contribution in [2.75, 3.05) is 6.61 Å². The second-order valence-electron chi connectivity index (χ2n) is 9.09. The van der Waals surface area contributed by atoms with Crippen LogP contribution >= 0.6 is 11.3 Å². The Balaban J connectivity index is 1.41. The van der Waals surface area contributed by atoms with Crippen molar-refractivity contribution in [1.29, 1.82) is 0 Å². The first-order valence-corrected chi connectivity index (χ1v) is 12.1. The molecule has 6 nitrogen and oxygen atoms in total. The molecule has 1 saturated carbocycles. The lowest BCUT2D eigenvalue weighted by molar-refractivity contribution is -0.159. The number of ether oxygens (including phenoxy) is 2. The zero-order chi connectivity index (χ0) is 22.8. The summed E-state index contributed by atoms with van der Waals surface area (Å²) in [6, 6.07) is 11.6. The standard InChI is InChI=1S/C25H30N2O4S/c1-15(2)19-11-10-16(3)12-21(19)31-23(28)14-30-25(29)22-13-20-17(4)26-27(24(20)32-22)18-8-6-5-7-9-18/h5-9,13,15-16,19,21H,10-12,14H2,1-4H3/t16-,19-,21+/m0/s1. The van der Waals surface area contributed by atoms with Crippen molar-refractivity contribution in [3.8, 4) is 5.69 Å². The molecule has 2 aromatic heterocycles. The van der Waals surface area contributed by atoms with Gasteiger partial charge in [-0.15, -0.1) is 11.3 Å². The largest absolute Gasteiger partial charge is 0.460 e. The minimum Gasteiger partial charge on any atom is -0.460 e. The Labute approximate surface area is 192 Å². The molecule has 0 N–H and O–H groups in total. The molecule has 1 fully saturated rings. The zero-order valence-electron chi connectivity index (χ0n) is 19.0. The summed E-state index contributed by atoms with van der Waals surface area (Å²) in [5.41, 5.74) is 1.77. The summed E-state index contributed by atoms with van der Waals surface area (Å²) < 4.78 is 12.9. The van der Waals surface area contributed by atoms with Crippen LogP contribution < -0.4 is 0 Å². The molecule has 170 valence electrons. The number of hydrogen-bond acceptors (Lipinski definition) is 6. The number of carbonyl (C=O) groups is 2. The fraction of sp³-hybridized carbons (Fsp3) is 0.480. The fourth-order valence-electron chi connectivity index (χ4n) is 4.54. The molecular formula is C25H30N2O4S. The highest BCUT2D eigenvalue weighted by atomic mass is 32.1. The van der Waals surface area contributed by atoms with Crippen LogP contribution in [0.1, 0.15) is 55.4 Å². The first kappa shape index (κ1) is 22.5. The maximum atomic E-state index is 12.6. The second kappa shape index (κ2) is 9.45. The summed E-state index contributed by atoms with van der Waals surface area (Å²) in [6.07, 6.45) is 3.00. The lowest BCUT2D eigenvalue weighted by Crippen LogP contribution is -2.36. The summed E-state index contributed by atoms with van der Waals surface area (Å²) >= 11 is 1.31. The van der Waals surface area contributed by atoms with E-state index in [1.165, 1.54) is 11.3 Å². The van der Waals surface area contributed by atoms with E-state index in [2.05, 4.69) is 25.9 Å². The third-order valence-electron chi connectivity index (χ3n) is 6.31. The normalized spacial score (nSPS) is 21.1. The van der Waals surface area contributed by atoms with Crippen LogP contribution in [0.5, 0.6) is 0 Å². The average molecular weight is 455 g/mol. The first-order chi connectivity index (χ1) is 15.3. The predicted octanol–water partition coefficient (Wildman–Crippen LogP) is 5.56. The number of para-hydroxylation sites is 1. The average Bonchev–Trinajstić information content (AvgIpc) is 3.33. The maximum Gasteiger partial charge on any atom is 0.348 e. The number of esters is 2. The number of aromatic nitrogens is 2. The van der Waals surface area contributed by atoms with Gasteiger partial charge in [0.25, 0.3) is 0 Å². The summed E-state index contributed by atoms with van der Waals surface area (Å²) in [5, 5.41) is 5.49. The van der Waals surface area contributed by atoms with Crippen LogP contribution in [0.3, 0.4) is 0 Å². The van der Waals surface area contributed by atoms with E-state index in [1.807, 2.05) is 41.9 Å². The smallest absolute Gasteiger partial charge is 0.348 e. The van der Waals surface area contributed by atoms with Gasteiger partial charge in [0.1, 0.15) is 15.8 Å². The van der Waals surface area contributed by atoms with E-state index in [0.717, 1.165) is 40.9 Å². The van der Waals surface area contributed by atoms with Crippen molar-refractivity contribution in [1.82, 2.24) is 9.78 Å². The third-order valence-corrected chi connectivity index (χ3v) is 7.40. The van der Waals surface area contributed by atoms with Gasteiger partial charge in [-0.25, -0.2) is 14.3 Å². The van der Waals surface area contributed by atoms with Crippen LogP contribution in [0.2, 0.25) is 0 Å². The van der Waals surface area contributed by atoms with Crippen LogP contribution in [0.15, 0.2) is 36.4 Å². The monoisotopic (exact) mass is 454 g/mol. The maximum absolute atomic E-state index is 12.6. The Morgan fingerprint density at radius 3 is 2.69 bits per heavy atom. The van der Waals surface area contributed by atoms with E-state index < -0.39 is 11.9 Å². The molecule has 7 heteroatoms. The van der Waals surface area contributed by atoms with Crippen molar-refractivity contribution < 1.29 is 19.1 Å². The highest BCUT2D eigenvalue weighted by Gasteiger charge is 2.33. The van der Waals surface area contributed by atoms with Crippen LogP contribution in [0.4, 0.5) is 0 Å². The molecular weight excluding hydrogens is 424 g/mol. The number of nitrogens with zero attached hydrogens (tertiary/aromatic N) is 2. The molecule has 0 radical (unpaired) electrons. The lowest BCUT2D eigenvalue weighted by atomic mass is 9.75. The van der Waals surface area contributed by atoms with E-state index in [9.17, 15) is 9.59 Å². The van der Waals surface area contributed by atoms with Gasteiger partial charge in [0.15, 0.2) is 6.61 Å². The molecule has 4 rings (SSSR count). The minimum atomic E-state index is -0.514. The minimum absolute atomic E-state index is 0.103. The van der Waals surface area contributed by atoms with E-state index in [4.69, 9.17) is 9.47 Å². The molecule has 1 aliphatic rings. The van der Waals surface area contributed by atoms with E-state index in [-0.39, 0.29) is 12.7 Å². The van der Waals surface area contributed by atoms with Gasteiger partial charge in [-0.1, -0.05) is 45.4 Å². The Morgan fingerprint density at radius 2 is 1.97 bits per heavy atom. The molecule has 2 heterocycles. The Morgan fingerprint density at radius 1 is 1.22 bits per heavy atom. The van der Waals surface area contributed by atoms with E-state index >= 15 is 0 Å². The molecule has 3 aromatic rings. The second-order valence-corrected chi connectivity index (χ2v) is 10.1. The molecule has 3 atom stereocenters. The topological polar surface area (TPSA) is 70.4 Å². The van der Waals surface area contributed by atoms with E-state index in [1.54, 1.807) is 6.07 Å². The number of aryl methyl sites for hydroxylation is 1. The highest BCUT2D eigenvalue weighted by molar-refractivity contribution is 7.20. The molecule has 0 unspecified atom stereocenters. The number of hydrogen-bond donors (Lipinski definition) is 0. The Hall–Kier alpha value is -2.67. The van der Waals surface area contributed by atoms with Crippen LogP contribution in [-0.2, 0) is 14.3 Å². The SMILES string of the molecule is Cc1nn(-c2ccccc2)c2sc(C(=O)OCC(=O)O[C@@H]3C[C@@H](C)CC[C@H]3C(C)C)cc12. The molecule has 0 bridgehead atoms. The predicted molar refractivity (Wildman–Crippen MR) is 125 cm³/mol. The molecule has 1 aromatic carbocycles. The van der Waals surface area contributed by atoms with Gasteiger partial charge in [-0.3, -0.25) is 0 Å². The molecule has 0 aliphatic heterocycles. The molecule has 1 aliphatic carbocycles. The molecule has 0 amide bonds. The van der Waals surface area contributed by atoms with Crippen molar-refractivity contribution in [3.05, 3.63) is 47.0 Å². The zero-order valence-corrected chi connectivity index (χ0v) is 19.9. The molecule has 32 heavy (non-hydrogen) atoms.